The summed E-state index contributed by atoms with van der Waals surface area (Å²) in [6.07, 6.45) is 2.81. The van der Waals surface area contributed by atoms with Crippen LogP contribution in [0.1, 0.15) is 28.9 Å². The van der Waals surface area contributed by atoms with E-state index < -0.39 is 5.97 Å². The highest BCUT2D eigenvalue weighted by atomic mass is 35.5. The first-order chi connectivity index (χ1) is 12.5. The summed E-state index contributed by atoms with van der Waals surface area (Å²) in [4.78, 5) is 23.1. The van der Waals surface area contributed by atoms with Crippen molar-refractivity contribution in [3.63, 3.8) is 0 Å². The lowest BCUT2D eigenvalue weighted by Gasteiger charge is -2.38. The number of halogens is 1. The summed E-state index contributed by atoms with van der Waals surface area (Å²) >= 11 is 5.99. The highest BCUT2D eigenvalue weighted by Gasteiger charge is 2.34. The molecule has 3 rings (SSSR count). The highest BCUT2D eigenvalue weighted by Crippen LogP contribution is 2.34. The van der Waals surface area contributed by atoms with Gasteiger partial charge in [0, 0.05) is 30.2 Å². The normalized spacial score (nSPS) is 16.2. The van der Waals surface area contributed by atoms with Crippen molar-refractivity contribution in [1.29, 1.82) is 0 Å². The van der Waals surface area contributed by atoms with E-state index in [1.54, 1.807) is 0 Å². The van der Waals surface area contributed by atoms with Crippen molar-refractivity contribution in [3.8, 4) is 0 Å². The summed E-state index contributed by atoms with van der Waals surface area (Å²) in [6, 6.07) is 7.66. The molecule has 2 heterocycles. The van der Waals surface area contributed by atoms with Crippen molar-refractivity contribution in [2.45, 2.75) is 24.8 Å². The zero-order chi connectivity index (χ0) is 18.6. The third-order valence-electron chi connectivity index (χ3n) is 4.59. The Hall–Kier alpha value is -2.45. The van der Waals surface area contributed by atoms with Crippen LogP contribution < -0.4 is 5.32 Å². The van der Waals surface area contributed by atoms with Crippen LogP contribution in [0.3, 0.4) is 0 Å². The molecule has 26 heavy (non-hydrogen) atoms. The number of benzene rings is 1. The van der Waals surface area contributed by atoms with Crippen LogP contribution >= 0.6 is 11.6 Å². The Kier molecular flexibility index (Phi) is 5.53. The number of hydrogen-bond acceptors (Lipinski definition) is 5. The van der Waals surface area contributed by atoms with E-state index in [2.05, 4.69) is 15.6 Å². The molecule has 0 atom stereocenters. The molecule has 0 bridgehead atoms. The maximum Gasteiger partial charge on any atom is 0.358 e. The van der Waals surface area contributed by atoms with Crippen LogP contribution in [-0.4, -0.2) is 51.7 Å². The molecular formula is C17H19ClN4O4. The number of rotatable bonds is 6. The molecule has 8 nitrogen and oxygen atoms in total. The van der Waals surface area contributed by atoms with Crippen LogP contribution in [0.2, 0.25) is 5.02 Å². The van der Waals surface area contributed by atoms with Gasteiger partial charge in [0.1, 0.15) is 6.54 Å². The quantitative estimate of drug-likeness (QED) is 0.788. The molecule has 1 aliphatic rings. The van der Waals surface area contributed by atoms with Gasteiger partial charge in [-0.25, -0.2) is 9.48 Å². The predicted molar refractivity (Wildman–Crippen MR) is 93.2 cm³/mol. The van der Waals surface area contributed by atoms with E-state index in [1.165, 1.54) is 10.9 Å². The Morgan fingerprint density at radius 2 is 1.96 bits per heavy atom. The number of carboxylic acid groups (broad SMARTS) is 1. The van der Waals surface area contributed by atoms with Crippen LogP contribution in [0.4, 0.5) is 0 Å². The zero-order valence-electron chi connectivity index (χ0n) is 14.0. The number of nitrogens with one attached hydrogen (secondary N) is 1. The van der Waals surface area contributed by atoms with Gasteiger partial charge >= 0.3 is 5.97 Å². The lowest BCUT2D eigenvalue weighted by atomic mass is 9.74. The molecule has 2 N–H and O–H groups in total. The molecule has 1 amide bonds. The first-order valence-corrected chi connectivity index (χ1v) is 8.60. The Bertz CT molecular complexity index is 784. The predicted octanol–water partition coefficient (Wildman–Crippen LogP) is 1.49. The van der Waals surface area contributed by atoms with Crippen molar-refractivity contribution < 1.29 is 19.4 Å². The van der Waals surface area contributed by atoms with Gasteiger partial charge in [-0.3, -0.25) is 4.79 Å². The fourth-order valence-corrected chi connectivity index (χ4v) is 3.20. The van der Waals surface area contributed by atoms with Crippen LogP contribution in [0.15, 0.2) is 30.5 Å². The molecular weight excluding hydrogens is 360 g/mol. The molecule has 0 spiro atoms. The number of carboxylic acids is 1. The van der Waals surface area contributed by atoms with E-state index in [9.17, 15) is 9.59 Å². The lowest BCUT2D eigenvalue weighted by molar-refractivity contribution is -0.122. The molecule has 0 unspecified atom stereocenters. The van der Waals surface area contributed by atoms with Crippen molar-refractivity contribution in [2.75, 3.05) is 19.8 Å². The van der Waals surface area contributed by atoms with Crippen LogP contribution in [-0.2, 0) is 21.5 Å². The average Bonchev–Trinajstić information content (AvgIpc) is 3.10. The summed E-state index contributed by atoms with van der Waals surface area (Å²) in [6.45, 7) is 1.62. The van der Waals surface area contributed by atoms with Gasteiger partial charge in [0.05, 0.1) is 6.20 Å². The number of aromatic carboxylic acids is 1. The minimum atomic E-state index is -1.18. The van der Waals surface area contributed by atoms with Gasteiger partial charge in [-0.2, -0.15) is 0 Å². The first kappa shape index (κ1) is 18.3. The Morgan fingerprint density at radius 3 is 2.58 bits per heavy atom. The molecule has 9 heteroatoms. The number of carbonyl (C=O) groups is 2. The van der Waals surface area contributed by atoms with Crippen LogP contribution in [0, 0.1) is 0 Å². The standard InChI is InChI=1S/C17H19ClN4O4/c18-13-3-1-12(2-4-13)17(5-7-26-8-6-17)11-19-15(23)10-22-9-14(16(24)25)20-21-22/h1-4,9H,5-8,10-11H2,(H,19,23)(H,24,25). The van der Waals surface area contributed by atoms with Crippen LogP contribution in [0.25, 0.3) is 0 Å². The lowest BCUT2D eigenvalue weighted by Crippen LogP contribution is -2.45. The summed E-state index contributed by atoms with van der Waals surface area (Å²) < 4.78 is 6.69. The van der Waals surface area contributed by atoms with Gasteiger partial charge in [0.2, 0.25) is 5.91 Å². The second-order valence-electron chi connectivity index (χ2n) is 6.28. The first-order valence-electron chi connectivity index (χ1n) is 8.22. The van der Waals surface area contributed by atoms with E-state index in [0.29, 0.717) is 24.8 Å². The fraction of sp³-hybridized carbons (Fsp3) is 0.412. The largest absolute Gasteiger partial charge is 0.476 e. The summed E-state index contributed by atoms with van der Waals surface area (Å²) in [5.74, 6) is -1.44. The molecule has 0 saturated carbocycles. The molecule has 0 aliphatic carbocycles. The van der Waals surface area contributed by atoms with E-state index in [4.69, 9.17) is 21.4 Å². The molecule has 1 aromatic heterocycles. The minimum absolute atomic E-state index is 0.0898. The SMILES string of the molecule is O=C(Cn1cc(C(=O)O)nn1)NCC1(c2ccc(Cl)cc2)CCOCC1. The number of hydrogen-bond donors (Lipinski definition) is 2. The highest BCUT2D eigenvalue weighted by molar-refractivity contribution is 6.30. The summed E-state index contributed by atoms with van der Waals surface area (Å²) in [7, 11) is 0. The van der Waals surface area contributed by atoms with Gasteiger partial charge in [-0.15, -0.1) is 5.10 Å². The smallest absolute Gasteiger partial charge is 0.358 e. The second-order valence-corrected chi connectivity index (χ2v) is 6.72. The van der Waals surface area contributed by atoms with E-state index in [1.807, 2.05) is 24.3 Å². The molecule has 2 aromatic rings. The topological polar surface area (TPSA) is 106 Å². The summed E-state index contributed by atoms with van der Waals surface area (Å²) in [5.41, 5.74) is 0.701. The van der Waals surface area contributed by atoms with Gasteiger partial charge in [-0.1, -0.05) is 28.9 Å². The second kappa shape index (κ2) is 7.84. The molecule has 1 fully saturated rings. The number of carbonyl (C=O) groups excluding carboxylic acids is 1. The van der Waals surface area contributed by atoms with Crippen LogP contribution in [0.5, 0.6) is 0 Å². The maximum atomic E-state index is 12.3. The molecule has 138 valence electrons. The van der Waals surface area contributed by atoms with Crippen molar-refractivity contribution in [1.82, 2.24) is 20.3 Å². The van der Waals surface area contributed by atoms with Crippen molar-refractivity contribution >= 4 is 23.5 Å². The number of aromatic nitrogens is 3. The van der Waals surface area contributed by atoms with Gasteiger partial charge in [-0.05, 0) is 30.5 Å². The molecule has 1 aliphatic heterocycles. The van der Waals surface area contributed by atoms with Crippen molar-refractivity contribution in [2.24, 2.45) is 0 Å². The van der Waals surface area contributed by atoms with E-state index >= 15 is 0 Å². The Labute approximate surface area is 155 Å². The Balaban J connectivity index is 1.66. The third kappa shape index (κ3) is 4.20. The maximum absolute atomic E-state index is 12.3. The minimum Gasteiger partial charge on any atom is -0.476 e. The third-order valence-corrected chi connectivity index (χ3v) is 4.85. The van der Waals surface area contributed by atoms with Crippen molar-refractivity contribution in [3.05, 3.63) is 46.7 Å². The van der Waals surface area contributed by atoms with E-state index in [-0.39, 0.29) is 23.6 Å². The Morgan fingerprint density at radius 1 is 1.27 bits per heavy atom. The van der Waals surface area contributed by atoms with Gasteiger partial charge in [0.25, 0.3) is 0 Å². The van der Waals surface area contributed by atoms with Gasteiger partial charge < -0.3 is 15.2 Å². The average molecular weight is 379 g/mol. The monoisotopic (exact) mass is 378 g/mol. The molecule has 1 saturated heterocycles. The van der Waals surface area contributed by atoms with Gasteiger partial charge in [0.15, 0.2) is 5.69 Å². The van der Waals surface area contributed by atoms with E-state index in [0.717, 1.165) is 18.4 Å². The number of amides is 1. The fourth-order valence-electron chi connectivity index (χ4n) is 3.08. The number of ether oxygens (including phenoxy) is 1. The molecule has 1 aromatic carbocycles. The molecule has 0 radical (unpaired) electrons. The zero-order valence-corrected chi connectivity index (χ0v) is 14.8. The number of nitrogens with zero attached hydrogens (tertiary/aromatic N) is 3. The summed E-state index contributed by atoms with van der Waals surface area (Å²) in [5, 5.41) is 19.6.